The minimum Gasteiger partial charge on any atom is -0.504 e. The molecule has 1 aromatic heterocycles. The minimum atomic E-state index is -1.35. The Labute approximate surface area is 233 Å². The molecule has 13 heteroatoms. The van der Waals surface area contributed by atoms with Crippen molar-refractivity contribution in [3.63, 3.8) is 0 Å². The molecule has 2 N–H and O–H groups in total. The highest BCUT2D eigenvalue weighted by molar-refractivity contribution is 5.94. The number of phenols is 1. The number of nitrogens with one attached hydrogen (secondary N) is 1. The van der Waals surface area contributed by atoms with Crippen LogP contribution in [0.1, 0.15) is 29.3 Å². The second-order valence-corrected chi connectivity index (χ2v) is 9.09. The number of nitrogens with zero attached hydrogens (tertiary/aromatic N) is 3. The van der Waals surface area contributed by atoms with E-state index in [-0.39, 0.29) is 48.1 Å². The first kappa shape index (κ1) is 29.0. The Bertz CT molecular complexity index is 1510. The molecule has 214 valence electrons. The number of hydrogen-bond acceptors (Lipinski definition) is 10. The molecule has 0 unspecified atom stereocenters. The van der Waals surface area contributed by atoms with E-state index in [1.54, 1.807) is 21.0 Å². The van der Waals surface area contributed by atoms with E-state index in [1.807, 2.05) is 6.07 Å². The zero-order valence-electron chi connectivity index (χ0n) is 22.3. The van der Waals surface area contributed by atoms with Crippen LogP contribution < -0.4 is 19.5 Å². The molecule has 1 amide bonds. The van der Waals surface area contributed by atoms with Crippen molar-refractivity contribution in [3.8, 4) is 40.8 Å². The molecular formula is C28H26F2N4O7. The van der Waals surface area contributed by atoms with Crippen LogP contribution in [0.5, 0.6) is 34.8 Å². The number of nitriles is 1. The Morgan fingerprint density at radius 2 is 1.88 bits per heavy atom. The van der Waals surface area contributed by atoms with Crippen molar-refractivity contribution in [2.24, 2.45) is 0 Å². The zero-order chi connectivity index (χ0) is 29.7. The molecule has 3 aromatic rings. The third kappa shape index (κ3) is 6.62. The number of amides is 1. The normalized spacial score (nSPS) is 16.0. The monoisotopic (exact) mass is 568 g/mol. The summed E-state index contributed by atoms with van der Waals surface area (Å²) in [5.41, 5.74) is 0.334. The lowest BCUT2D eigenvalue weighted by Crippen LogP contribution is -2.32. The summed E-state index contributed by atoms with van der Waals surface area (Å²) in [6.07, 6.45) is -0.778. The fraction of sp³-hybridized carbons (Fsp3) is 0.286. The molecule has 2 heterocycles. The Balaban J connectivity index is 1.72. The predicted molar refractivity (Wildman–Crippen MR) is 139 cm³/mol. The van der Waals surface area contributed by atoms with Crippen LogP contribution in [0.4, 0.5) is 8.78 Å². The van der Waals surface area contributed by atoms with Crippen molar-refractivity contribution in [2.45, 2.75) is 25.5 Å². The summed E-state index contributed by atoms with van der Waals surface area (Å²) in [5, 5.41) is 22.2. The number of aromatic hydroxyl groups is 1. The van der Waals surface area contributed by atoms with Gasteiger partial charge in [-0.25, -0.2) is 0 Å². The zero-order valence-corrected chi connectivity index (χ0v) is 22.3. The molecule has 0 radical (unpaired) electrons. The minimum absolute atomic E-state index is 0.00633. The van der Waals surface area contributed by atoms with Crippen LogP contribution in [-0.4, -0.2) is 66.3 Å². The van der Waals surface area contributed by atoms with Gasteiger partial charge in [0.05, 0.1) is 18.2 Å². The van der Waals surface area contributed by atoms with Gasteiger partial charge in [-0.2, -0.15) is 19.0 Å². The second kappa shape index (κ2) is 12.5. The van der Waals surface area contributed by atoms with Crippen molar-refractivity contribution in [1.82, 2.24) is 15.2 Å². The predicted octanol–water partition coefficient (Wildman–Crippen LogP) is 3.90. The van der Waals surface area contributed by atoms with E-state index >= 15 is 8.78 Å². The van der Waals surface area contributed by atoms with E-state index in [1.165, 1.54) is 35.2 Å². The smallest absolute Gasteiger partial charge is 0.323 e. The van der Waals surface area contributed by atoms with Gasteiger partial charge >= 0.3 is 5.97 Å². The number of esters is 1. The van der Waals surface area contributed by atoms with Gasteiger partial charge in [-0.3, -0.25) is 9.59 Å². The molecular weight excluding hydrogens is 542 g/mol. The second-order valence-electron chi connectivity index (χ2n) is 9.09. The third-order valence-corrected chi connectivity index (χ3v) is 5.92. The summed E-state index contributed by atoms with van der Waals surface area (Å²) in [7, 11) is 3.12. The van der Waals surface area contributed by atoms with Crippen molar-refractivity contribution < 1.29 is 42.4 Å². The first-order valence-corrected chi connectivity index (χ1v) is 12.5. The fourth-order valence-electron chi connectivity index (χ4n) is 3.93. The van der Waals surface area contributed by atoms with Crippen molar-refractivity contribution >= 4 is 11.9 Å². The van der Waals surface area contributed by atoms with Crippen LogP contribution in [0.2, 0.25) is 0 Å². The van der Waals surface area contributed by atoms with Gasteiger partial charge in [-0.1, -0.05) is 6.07 Å². The molecule has 1 aliphatic heterocycles. The summed E-state index contributed by atoms with van der Waals surface area (Å²) in [6.45, 7) is 1.90. The molecule has 1 aliphatic rings. The maximum Gasteiger partial charge on any atom is 0.323 e. The van der Waals surface area contributed by atoms with Crippen LogP contribution in [0.25, 0.3) is 0 Å². The molecule has 2 aromatic carbocycles. The van der Waals surface area contributed by atoms with Gasteiger partial charge in [-0.05, 0) is 37.3 Å². The van der Waals surface area contributed by atoms with Gasteiger partial charge in [0.25, 0.3) is 17.7 Å². The Kier molecular flexibility index (Phi) is 8.84. The van der Waals surface area contributed by atoms with Gasteiger partial charge < -0.3 is 34.3 Å². The van der Waals surface area contributed by atoms with Crippen LogP contribution in [0, 0.1) is 23.0 Å². The first-order valence-electron chi connectivity index (χ1n) is 12.5. The summed E-state index contributed by atoms with van der Waals surface area (Å²) in [5.74, 6) is -6.78. The Morgan fingerprint density at radius 3 is 2.56 bits per heavy atom. The maximum atomic E-state index is 15.7. The number of aromatic nitrogens is 1. The number of hydrogen-bond donors (Lipinski definition) is 2. The highest BCUT2D eigenvalue weighted by Crippen LogP contribution is 2.40. The van der Waals surface area contributed by atoms with Crippen LogP contribution >= 0.6 is 0 Å². The van der Waals surface area contributed by atoms with Crippen molar-refractivity contribution in [3.05, 3.63) is 65.2 Å². The number of ether oxygens (including phenoxy) is 4. The van der Waals surface area contributed by atoms with E-state index in [9.17, 15) is 20.0 Å². The SMILES string of the molecule is CCOC(=O)[C@@H]1C[C@@H](Oc2c(F)c(Oc3cccc(C(=O)N(C)C)c3)nc(Oc3cc(C#N)ccc3O)c2F)CN1. The highest BCUT2D eigenvalue weighted by atomic mass is 19.1. The molecule has 0 bridgehead atoms. The molecule has 0 aliphatic carbocycles. The number of carbonyl (C=O) groups excluding carboxylic acids is 2. The third-order valence-electron chi connectivity index (χ3n) is 5.92. The number of benzene rings is 2. The first-order chi connectivity index (χ1) is 19.6. The number of pyridine rings is 1. The Morgan fingerprint density at radius 1 is 1.15 bits per heavy atom. The van der Waals surface area contributed by atoms with E-state index in [2.05, 4.69) is 10.3 Å². The van der Waals surface area contributed by atoms with Gasteiger partial charge in [0.1, 0.15) is 17.9 Å². The highest BCUT2D eigenvalue weighted by Gasteiger charge is 2.35. The standard InChI is InChI=1S/C28H26F2N4O7/c1-4-38-28(37)19-12-18(14-32-19)39-24-22(29)25(40-17-7-5-6-16(11-17)27(36)34(2)3)33-26(23(24)30)41-21-10-15(13-31)8-9-20(21)35/h5-11,18-19,32,35H,4,12,14H2,1-3H3/t18-,19+/m1/s1. The average molecular weight is 569 g/mol. The number of phenolic OH excluding ortho intramolecular Hbond substituents is 1. The van der Waals surface area contributed by atoms with E-state index in [0.29, 0.717) is 0 Å². The lowest BCUT2D eigenvalue weighted by Gasteiger charge is -2.18. The molecule has 0 spiro atoms. The number of rotatable bonds is 9. The van der Waals surface area contributed by atoms with E-state index < -0.39 is 53.0 Å². The van der Waals surface area contributed by atoms with Gasteiger partial charge in [0.2, 0.25) is 17.4 Å². The molecule has 1 saturated heterocycles. The largest absolute Gasteiger partial charge is 0.504 e. The van der Waals surface area contributed by atoms with Crippen molar-refractivity contribution in [2.75, 3.05) is 27.2 Å². The lowest BCUT2D eigenvalue weighted by atomic mass is 10.2. The Hall–Kier alpha value is -4.96. The van der Waals surface area contributed by atoms with Crippen LogP contribution in [0.3, 0.4) is 0 Å². The number of carbonyl (C=O) groups is 2. The summed E-state index contributed by atoms with van der Waals surface area (Å²) < 4.78 is 52.9. The molecule has 1 fully saturated rings. The molecule has 4 rings (SSSR count). The van der Waals surface area contributed by atoms with Crippen molar-refractivity contribution in [1.29, 1.82) is 5.26 Å². The molecule has 2 atom stereocenters. The fourth-order valence-corrected chi connectivity index (χ4v) is 3.93. The summed E-state index contributed by atoms with van der Waals surface area (Å²) >= 11 is 0. The van der Waals surface area contributed by atoms with Gasteiger partial charge in [-0.15, -0.1) is 0 Å². The van der Waals surface area contributed by atoms with Gasteiger partial charge in [0.15, 0.2) is 11.5 Å². The van der Waals surface area contributed by atoms with E-state index in [0.717, 1.165) is 12.1 Å². The van der Waals surface area contributed by atoms with Gasteiger partial charge in [0, 0.05) is 38.7 Å². The molecule has 0 saturated carbocycles. The van der Waals surface area contributed by atoms with Crippen LogP contribution in [-0.2, 0) is 9.53 Å². The topological polar surface area (TPSA) is 143 Å². The average Bonchev–Trinajstić information content (AvgIpc) is 3.43. The molecule has 41 heavy (non-hydrogen) atoms. The quantitative estimate of drug-likeness (QED) is 0.365. The maximum absolute atomic E-state index is 15.7. The van der Waals surface area contributed by atoms with Crippen LogP contribution in [0.15, 0.2) is 42.5 Å². The number of halogens is 2. The van der Waals surface area contributed by atoms with E-state index in [4.69, 9.17) is 18.9 Å². The summed E-state index contributed by atoms with van der Waals surface area (Å²) in [6, 6.07) is 10.6. The lowest BCUT2D eigenvalue weighted by molar-refractivity contribution is -0.145. The molecule has 11 nitrogen and oxygen atoms in total. The summed E-state index contributed by atoms with van der Waals surface area (Å²) in [4.78, 5) is 29.6.